The Labute approximate surface area is 256 Å². The van der Waals surface area contributed by atoms with Crippen LogP contribution in [-0.4, -0.2) is 89.6 Å². The van der Waals surface area contributed by atoms with Gasteiger partial charge in [0.25, 0.3) is 5.56 Å². The zero-order valence-corrected chi connectivity index (χ0v) is 25.6. The number of fused-ring (bicyclic) bond motifs is 4. The van der Waals surface area contributed by atoms with E-state index in [2.05, 4.69) is 41.7 Å². The van der Waals surface area contributed by atoms with Gasteiger partial charge in [-0.25, -0.2) is 29.5 Å². The first-order valence-electron chi connectivity index (χ1n) is 13.5. The topological polar surface area (TPSA) is 262 Å². The number of nitrogen functional groups attached to an aromatic ring is 1. The van der Waals surface area contributed by atoms with Crippen molar-refractivity contribution in [1.82, 2.24) is 43.4 Å². The summed E-state index contributed by atoms with van der Waals surface area (Å²) in [5.74, 6) is 0.504. The molecule has 0 amide bonds. The van der Waals surface area contributed by atoms with Crippen molar-refractivity contribution in [2.24, 2.45) is 0 Å². The van der Waals surface area contributed by atoms with Crippen molar-refractivity contribution < 1.29 is 42.3 Å². The number of nitrogens with one attached hydrogen (secondary N) is 1. The molecule has 0 radical (unpaired) electrons. The SMILES string of the molecule is Nc1ncnc2c1ncn2[C@H]1C[C@H](OP(=O)(O)OC[C@@H]2CC[C@H](n3cnc4c(=O)[nH]c5nccn5c43)O2)[C@@H](COP(O)(O)=S)O1. The molecule has 20 nitrogen and oxygen atoms in total. The summed E-state index contributed by atoms with van der Waals surface area (Å²) < 4.78 is 45.9. The van der Waals surface area contributed by atoms with Crippen LogP contribution in [0.5, 0.6) is 0 Å². The molecule has 2 fully saturated rings. The van der Waals surface area contributed by atoms with Crippen molar-refractivity contribution >= 4 is 60.3 Å². The molecule has 6 N–H and O–H groups in total. The summed E-state index contributed by atoms with van der Waals surface area (Å²) >= 11 is 4.54. The minimum atomic E-state index is -4.71. The second kappa shape index (κ2) is 11.6. The Kier molecular flexibility index (Phi) is 7.82. The molecular weight excluding hydrogens is 658 g/mol. The van der Waals surface area contributed by atoms with Crippen molar-refractivity contribution in [3.63, 3.8) is 0 Å². The Morgan fingerprint density at radius 3 is 2.64 bits per heavy atom. The molecule has 6 atom stereocenters. The standard InChI is InChI=1S/C22H26N10O10P2S/c23-18-16-19(26-8-25-18)31(9-27-16)15-5-12(13(41-15)7-39-44(36,37)45)42-43(34,35)38-6-11-1-2-14(40-11)32-10-28-17-20(33)29-22-24-3-4-30(22)21(17)32/h3-4,8-15H,1-2,5-7H2,(H,34,35)(H2,23,25,26)(H,24,29,33)(H2,36,37,45)/t11-,12-,13+,14+,15+/m0/s1. The van der Waals surface area contributed by atoms with E-state index in [4.69, 9.17) is 28.8 Å². The van der Waals surface area contributed by atoms with E-state index < -0.39 is 57.5 Å². The van der Waals surface area contributed by atoms with E-state index in [1.54, 1.807) is 25.9 Å². The predicted octanol–water partition coefficient (Wildman–Crippen LogP) is 0.487. The van der Waals surface area contributed by atoms with Gasteiger partial charge in [-0.05, 0) is 24.6 Å². The molecule has 0 bridgehead atoms. The minimum Gasteiger partial charge on any atom is -0.382 e. The molecule has 240 valence electrons. The van der Waals surface area contributed by atoms with Crippen LogP contribution in [0, 0.1) is 0 Å². The summed E-state index contributed by atoms with van der Waals surface area (Å²) in [7, 11) is -4.71. The third kappa shape index (κ3) is 6.05. The largest absolute Gasteiger partial charge is 0.472 e. The zero-order chi connectivity index (χ0) is 31.5. The highest BCUT2D eigenvalue weighted by atomic mass is 32.5. The number of phosphoric acid groups is 1. The van der Waals surface area contributed by atoms with Gasteiger partial charge in [-0.15, -0.1) is 0 Å². The lowest BCUT2D eigenvalue weighted by Gasteiger charge is -2.22. The third-order valence-electron chi connectivity index (χ3n) is 7.45. The molecule has 45 heavy (non-hydrogen) atoms. The minimum absolute atomic E-state index is 0.00852. The summed E-state index contributed by atoms with van der Waals surface area (Å²) in [6.07, 6.45) is 4.32. The molecule has 2 saturated heterocycles. The van der Waals surface area contributed by atoms with Gasteiger partial charge in [0.1, 0.15) is 36.5 Å². The first-order chi connectivity index (χ1) is 21.5. The fourth-order valence-electron chi connectivity index (χ4n) is 5.47. The molecule has 1 unspecified atom stereocenters. The molecule has 5 aromatic heterocycles. The maximum atomic E-state index is 13.1. The summed E-state index contributed by atoms with van der Waals surface area (Å²) in [5, 5.41) is 0. The predicted molar refractivity (Wildman–Crippen MR) is 156 cm³/mol. The van der Waals surface area contributed by atoms with E-state index in [0.29, 0.717) is 35.4 Å². The van der Waals surface area contributed by atoms with Gasteiger partial charge in [0, 0.05) is 18.8 Å². The first kappa shape index (κ1) is 30.5. The highest BCUT2D eigenvalue weighted by molar-refractivity contribution is 8.06. The van der Waals surface area contributed by atoms with Crippen LogP contribution in [0.4, 0.5) is 5.82 Å². The number of rotatable bonds is 10. The van der Waals surface area contributed by atoms with Crippen molar-refractivity contribution in [1.29, 1.82) is 0 Å². The number of aromatic nitrogens is 9. The van der Waals surface area contributed by atoms with E-state index in [1.165, 1.54) is 19.0 Å². The van der Waals surface area contributed by atoms with Crippen LogP contribution >= 0.6 is 14.5 Å². The summed E-state index contributed by atoms with van der Waals surface area (Å²) in [6, 6.07) is 0. The molecule has 2 aliphatic rings. The average Bonchev–Trinajstić information content (AvgIpc) is 3.79. The molecular formula is C22H26N10O10P2S. The second-order valence-electron chi connectivity index (χ2n) is 10.3. The number of hydrogen-bond acceptors (Lipinski definition) is 14. The molecule has 0 spiro atoms. The Morgan fingerprint density at radius 1 is 1.02 bits per heavy atom. The fourth-order valence-corrected chi connectivity index (χ4v) is 6.97. The highest BCUT2D eigenvalue weighted by Gasteiger charge is 2.43. The number of imidazole rings is 3. The van der Waals surface area contributed by atoms with E-state index >= 15 is 0 Å². The van der Waals surface area contributed by atoms with Gasteiger partial charge in [0.15, 0.2) is 22.6 Å². The number of nitrogens with zero attached hydrogens (tertiary/aromatic N) is 8. The van der Waals surface area contributed by atoms with Crippen LogP contribution in [0.2, 0.25) is 0 Å². The number of hydrogen-bond donors (Lipinski definition) is 5. The van der Waals surface area contributed by atoms with Crippen LogP contribution in [0.1, 0.15) is 31.7 Å². The fraction of sp³-hybridized carbons (Fsp3) is 0.455. The van der Waals surface area contributed by atoms with E-state index in [1.807, 2.05) is 0 Å². The number of H-pyrrole nitrogens is 1. The van der Waals surface area contributed by atoms with Gasteiger partial charge in [0.05, 0.1) is 32.0 Å². The van der Waals surface area contributed by atoms with Gasteiger partial charge in [-0.3, -0.25) is 32.4 Å². The summed E-state index contributed by atoms with van der Waals surface area (Å²) in [5.41, 5.74) is 6.87. The number of ether oxygens (including phenoxy) is 2. The maximum Gasteiger partial charge on any atom is 0.472 e. The molecule has 0 aliphatic carbocycles. The molecule has 5 aromatic rings. The van der Waals surface area contributed by atoms with Gasteiger partial charge in [0.2, 0.25) is 5.78 Å². The van der Waals surface area contributed by atoms with Crippen LogP contribution in [0.15, 0.2) is 36.2 Å². The molecule has 7 rings (SSSR count). The maximum absolute atomic E-state index is 13.1. The van der Waals surface area contributed by atoms with Crippen LogP contribution < -0.4 is 11.3 Å². The lowest BCUT2D eigenvalue weighted by atomic mass is 10.2. The zero-order valence-electron chi connectivity index (χ0n) is 23.0. The highest BCUT2D eigenvalue weighted by Crippen LogP contribution is 2.50. The second-order valence-corrected chi connectivity index (χ2v) is 14.4. The molecule has 0 saturated carbocycles. The van der Waals surface area contributed by atoms with Crippen LogP contribution in [0.3, 0.4) is 0 Å². The van der Waals surface area contributed by atoms with Crippen molar-refractivity contribution in [3.05, 3.63) is 41.7 Å². The smallest absolute Gasteiger partial charge is 0.382 e. The molecule has 2 aliphatic heterocycles. The van der Waals surface area contributed by atoms with Crippen molar-refractivity contribution in [3.8, 4) is 0 Å². The van der Waals surface area contributed by atoms with E-state index in [-0.39, 0.29) is 24.4 Å². The average molecular weight is 685 g/mol. The summed E-state index contributed by atoms with van der Waals surface area (Å²) in [4.78, 5) is 65.5. The van der Waals surface area contributed by atoms with Crippen molar-refractivity contribution in [2.75, 3.05) is 18.9 Å². The number of anilines is 1. The van der Waals surface area contributed by atoms with Gasteiger partial charge in [-0.1, -0.05) is 0 Å². The lowest BCUT2D eigenvalue weighted by Crippen LogP contribution is -2.28. The third-order valence-corrected chi connectivity index (χ3v) is 9.26. The van der Waals surface area contributed by atoms with Gasteiger partial charge >= 0.3 is 14.5 Å². The van der Waals surface area contributed by atoms with Crippen LogP contribution in [0.25, 0.3) is 28.1 Å². The lowest BCUT2D eigenvalue weighted by molar-refractivity contribution is -0.0458. The van der Waals surface area contributed by atoms with E-state index in [0.717, 1.165) is 0 Å². The quantitative estimate of drug-likeness (QED) is 0.125. The Hall–Kier alpha value is -3.20. The Morgan fingerprint density at radius 2 is 1.82 bits per heavy atom. The molecule has 23 heteroatoms. The monoisotopic (exact) mass is 684 g/mol. The molecule has 0 aromatic carbocycles. The Bertz CT molecular complexity index is 2040. The van der Waals surface area contributed by atoms with Crippen molar-refractivity contribution in [2.45, 2.75) is 50.0 Å². The molecule has 7 heterocycles. The van der Waals surface area contributed by atoms with E-state index in [9.17, 15) is 24.0 Å². The number of phosphoric ester groups is 1. The van der Waals surface area contributed by atoms with Crippen LogP contribution in [-0.2, 0) is 39.4 Å². The Balaban J connectivity index is 1.03. The summed E-state index contributed by atoms with van der Waals surface area (Å²) in [6.45, 7) is -4.81. The first-order valence-corrected chi connectivity index (χ1v) is 17.6. The van der Waals surface area contributed by atoms with Gasteiger partial charge < -0.3 is 34.4 Å². The van der Waals surface area contributed by atoms with Gasteiger partial charge in [-0.2, -0.15) is 0 Å². The normalized spacial score (nSPS) is 25.5. The number of aromatic amines is 1. The number of nitrogens with two attached hydrogens (primary N) is 1.